The molecule has 0 radical (unpaired) electrons. The lowest BCUT2D eigenvalue weighted by Crippen LogP contribution is -2.47. The number of pyridine rings is 1. The van der Waals surface area contributed by atoms with Gasteiger partial charge in [-0.25, -0.2) is 0 Å². The van der Waals surface area contributed by atoms with Crippen molar-refractivity contribution in [3.63, 3.8) is 0 Å². The van der Waals surface area contributed by atoms with Gasteiger partial charge in [0.1, 0.15) is 0 Å². The molecular weight excluding hydrogens is 346 g/mol. The number of aromatic amines is 1. The molecule has 4 rings (SSSR count). The molecule has 1 N–H and O–H groups in total. The van der Waals surface area contributed by atoms with Crippen molar-refractivity contribution in [3.05, 3.63) is 72.2 Å². The molecule has 0 saturated carbocycles. The van der Waals surface area contributed by atoms with E-state index in [4.69, 9.17) is 0 Å². The molecule has 0 aliphatic carbocycles. The Labute approximate surface area is 167 Å². The van der Waals surface area contributed by atoms with Gasteiger partial charge in [-0.05, 0) is 49.2 Å². The summed E-state index contributed by atoms with van der Waals surface area (Å²) in [6.45, 7) is 7.55. The van der Waals surface area contributed by atoms with Gasteiger partial charge in [-0.2, -0.15) is 5.10 Å². The van der Waals surface area contributed by atoms with E-state index in [1.807, 2.05) is 18.6 Å². The Morgan fingerprint density at radius 1 is 1.14 bits per heavy atom. The predicted molar refractivity (Wildman–Crippen MR) is 113 cm³/mol. The number of H-pyrrole nitrogens is 1. The van der Waals surface area contributed by atoms with E-state index >= 15 is 0 Å². The second-order valence-corrected chi connectivity index (χ2v) is 7.59. The summed E-state index contributed by atoms with van der Waals surface area (Å²) in [5.41, 5.74) is 4.97. The SMILES string of the molecule is CCN(Cc1ccncc1)C1CCCN(Cc2cn[nH]c2-c2ccccc2)C1. The summed E-state index contributed by atoms with van der Waals surface area (Å²) in [7, 11) is 0. The summed E-state index contributed by atoms with van der Waals surface area (Å²) in [6.07, 6.45) is 8.28. The fourth-order valence-electron chi connectivity index (χ4n) is 4.22. The van der Waals surface area contributed by atoms with E-state index in [9.17, 15) is 0 Å². The molecule has 1 unspecified atom stereocenters. The quantitative estimate of drug-likeness (QED) is 0.679. The topological polar surface area (TPSA) is 48.1 Å². The Bertz CT molecular complexity index is 846. The summed E-state index contributed by atoms with van der Waals surface area (Å²) >= 11 is 0. The maximum Gasteiger partial charge on any atom is 0.0695 e. The van der Waals surface area contributed by atoms with Crippen molar-refractivity contribution in [2.45, 2.75) is 38.9 Å². The van der Waals surface area contributed by atoms with Crippen LogP contribution in [0.5, 0.6) is 0 Å². The third-order valence-electron chi connectivity index (χ3n) is 5.71. The molecule has 5 nitrogen and oxygen atoms in total. The average molecular weight is 376 g/mol. The van der Waals surface area contributed by atoms with Gasteiger partial charge in [0.2, 0.25) is 0 Å². The minimum absolute atomic E-state index is 0.596. The first-order valence-corrected chi connectivity index (χ1v) is 10.3. The van der Waals surface area contributed by atoms with Crippen LogP contribution in [0.25, 0.3) is 11.3 Å². The van der Waals surface area contributed by atoms with Gasteiger partial charge in [-0.15, -0.1) is 0 Å². The average Bonchev–Trinajstić information content (AvgIpc) is 3.21. The number of likely N-dealkylation sites (N-methyl/N-ethyl adjacent to an activating group) is 1. The normalized spacial score (nSPS) is 17.9. The van der Waals surface area contributed by atoms with Crippen molar-refractivity contribution < 1.29 is 0 Å². The van der Waals surface area contributed by atoms with Crippen molar-refractivity contribution in [1.82, 2.24) is 25.0 Å². The Morgan fingerprint density at radius 3 is 2.75 bits per heavy atom. The van der Waals surface area contributed by atoms with Gasteiger partial charge in [0.25, 0.3) is 0 Å². The molecule has 1 atom stereocenters. The molecule has 5 heteroatoms. The van der Waals surface area contributed by atoms with Crippen LogP contribution < -0.4 is 0 Å². The Kier molecular flexibility index (Phi) is 6.14. The molecule has 3 aromatic rings. The highest BCUT2D eigenvalue weighted by molar-refractivity contribution is 5.62. The number of aromatic nitrogens is 3. The van der Waals surface area contributed by atoms with Gasteiger partial charge >= 0.3 is 0 Å². The van der Waals surface area contributed by atoms with E-state index < -0.39 is 0 Å². The van der Waals surface area contributed by atoms with Crippen LogP contribution in [0.1, 0.15) is 30.9 Å². The predicted octanol–water partition coefficient (Wildman–Crippen LogP) is 3.96. The molecule has 1 aliphatic rings. The second-order valence-electron chi connectivity index (χ2n) is 7.59. The van der Waals surface area contributed by atoms with Crippen molar-refractivity contribution >= 4 is 0 Å². The Hall–Kier alpha value is -2.50. The monoisotopic (exact) mass is 375 g/mol. The molecule has 28 heavy (non-hydrogen) atoms. The Balaban J connectivity index is 1.42. The third-order valence-corrected chi connectivity index (χ3v) is 5.71. The first-order chi connectivity index (χ1) is 13.8. The molecule has 0 spiro atoms. The maximum absolute atomic E-state index is 4.32. The smallest absolute Gasteiger partial charge is 0.0695 e. The van der Waals surface area contributed by atoms with E-state index in [1.54, 1.807) is 0 Å². The van der Waals surface area contributed by atoms with E-state index in [1.165, 1.54) is 29.5 Å². The minimum atomic E-state index is 0.596. The van der Waals surface area contributed by atoms with Crippen LogP contribution in [-0.4, -0.2) is 50.7 Å². The number of hydrogen-bond acceptors (Lipinski definition) is 4. The highest BCUT2D eigenvalue weighted by Crippen LogP contribution is 2.24. The number of nitrogens with zero attached hydrogens (tertiary/aromatic N) is 4. The summed E-state index contributed by atoms with van der Waals surface area (Å²) in [6, 6.07) is 15.3. The maximum atomic E-state index is 4.32. The van der Waals surface area contributed by atoms with Crippen LogP contribution in [0.3, 0.4) is 0 Å². The molecule has 2 aromatic heterocycles. The lowest BCUT2D eigenvalue weighted by Gasteiger charge is -2.39. The molecule has 0 amide bonds. The van der Waals surface area contributed by atoms with Gasteiger partial charge < -0.3 is 0 Å². The minimum Gasteiger partial charge on any atom is -0.297 e. The molecule has 1 aliphatic heterocycles. The number of piperidine rings is 1. The first-order valence-electron chi connectivity index (χ1n) is 10.3. The largest absolute Gasteiger partial charge is 0.297 e. The highest BCUT2D eigenvalue weighted by Gasteiger charge is 2.25. The molecule has 1 aromatic carbocycles. The van der Waals surface area contributed by atoms with E-state index in [2.05, 4.69) is 74.4 Å². The van der Waals surface area contributed by atoms with Gasteiger partial charge in [0.15, 0.2) is 0 Å². The summed E-state index contributed by atoms with van der Waals surface area (Å²) < 4.78 is 0. The zero-order chi connectivity index (χ0) is 19.2. The molecule has 1 saturated heterocycles. The molecule has 1 fully saturated rings. The van der Waals surface area contributed by atoms with Crippen molar-refractivity contribution in [2.75, 3.05) is 19.6 Å². The van der Waals surface area contributed by atoms with Crippen LogP contribution in [0.4, 0.5) is 0 Å². The van der Waals surface area contributed by atoms with Crippen LogP contribution >= 0.6 is 0 Å². The van der Waals surface area contributed by atoms with Gasteiger partial charge in [0, 0.05) is 43.6 Å². The number of nitrogens with one attached hydrogen (secondary N) is 1. The summed E-state index contributed by atoms with van der Waals surface area (Å²) in [5.74, 6) is 0. The zero-order valence-electron chi connectivity index (χ0n) is 16.6. The van der Waals surface area contributed by atoms with E-state index in [0.29, 0.717) is 6.04 Å². The van der Waals surface area contributed by atoms with Crippen LogP contribution in [0.15, 0.2) is 61.1 Å². The summed E-state index contributed by atoms with van der Waals surface area (Å²) in [5, 5.41) is 7.52. The number of rotatable bonds is 7. The number of likely N-dealkylation sites (tertiary alicyclic amines) is 1. The number of hydrogen-bond donors (Lipinski definition) is 1. The second kappa shape index (κ2) is 9.13. The van der Waals surface area contributed by atoms with Gasteiger partial charge in [0.05, 0.1) is 11.9 Å². The first kappa shape index (κ1) is 18.8. The van der Waals surface area contributed by atoms with Crippen molar-refractivity contribution in [2.24, 2.45) is 0 Å². The number of benzene rings is 1. The lowest BCUT2D eigenvalue weighted by atomic mass is 10.0. The van der Waals surface area contributed by atoms with Gasteiger partial charge in [-0.3, -0.25) is 19.9 Å². The molecule has 146 valence electrons. The van der Waals surface area contributed by atoms with E-state index in [0.717, 1.165) is 38.4 Å². The molecule has 0 bridgehead atoms. The van der Waals surface area contributed by atoms with Crippen LogP contribution in [-0.2, 0) is 13.1 Å². The fraction of sp³-hybridized carbons (Fsp3) is 0.391. The fourth-order valence-corrected chi connectivity index (χ4v) is 4.22. The van der Waals surface area contributed by atoms with Gasteiger partial charge in [-0.1, -0.05) is 37.3 Å². The molecular formula is C23H29N5. The third kappa shape index (κ3) is 4.49. The molecule has 3 heterocycles. The van der Waals surface area contributed by atoms with Crippen LogP contribution in [0.2, 0.25) is 0 Å². The standard InChI is InChI=1S/C23H29N5/c1-2-28(16-19-10-12-24-13-11-19)22-9-6-14-27(18-22)17-21-15-25-26-23(21)20-7-4-3-5-8-20/h3-5,7-8,10-13,15,22H,2,6,9,14,16-18H2,1H3,(H,25,26). The van der Waals surface area contributed by atoms with Crippen molar-refractivity contribution in [1.29, 1.82) is 0 Å². The van der Waals surface area contributed by atoms with Crippen LogP contribution in [0, 0.1) is 0 Å². The van der Waals surface area contributed by atoms with Crippen molar-refractivity contribution in [3.8, 4) is 11.3 Å². The Morgan fingerprint density at radius 2 is 1.96 bits per heavy atom. The highest BCUT2D eigenvalue weighted by atomic mass is 15.2. The zero-order valence-corrected chi connectivity index (χ0v) is 16.6. The summed E-state index contributed by atoms with van der Waals surface area (Å²) in [4.78, 5) is 9.33. The van der Waals surface area contributed by atoms with E-state index in [-0.39, 0.29) is 0 Å². The lowest BCUT2D eigenvalue weighted by molar-refractivity contribution is 0.0918.